The van der Waals surface area contributed by atoms with Gasteiger partial charge in [-0.25, -0.2) is 0 Å². The van der Waals surface area contributed by atoms with E-state index in [0.717, 1.165) is 12.1 Å². The van der Waals surface area contributed by atoms with Gasteiger partial charge in [0, 0.05) is 25.2 Å². The van der Waals surface area contributed by atoms with E-state index in [0.29, 0.717) is 18.7 Å². The maximum absolute atomic E-state index is 12.7. The zero-order valence-electron chi connectivity index (χ0n) is 12.1. The average molecular weight is 300 g/mol. The fourth-order valence-corrected chi connectivity index (χ4v) is 2.75. The maximum Gasteiger partial charge on any atom is 0.416 e. The molecule has 0 unspecified atom stereocenters. The molecule has 116 valence electrons. The third kappa shape index (κ3) is 3.75. The van der Waals surface area contributed by atoms with E-state index >= 15 is 0 Å². The first-order chi connectivity index (χ1) is 9.79. The fraction of sp³-hybridized carbons (Fsp3) is 0.533. The summed E-state index contributed by atoms with van der Waals surface area (Å²) in [5.41, 5.74) is -0.318. The van der Waals surface area contributed by atoms with Crippen LogP contribution in [0, 0.1) is 0 Å². The van der Waals surface area contributed by atoms with Gasteiger partial charge in [-0.15, -0.1) is 0 Å². The lowest BCUT2D eigenvalue weighted by molar-refractivity contribution is -0.138. The van der Waals surface area contributed by atoms with E-state index in [1.807, 2.05) is 13.8 Å². The van der Waals surface area contributed by atoms with Crippen molar-refractivity contribution < 1.29 is 18.0 Å². The number of benzene rings is 1. The van der Waals surface area contributed by atoms with Crippen molar-refractivity contribution in [1.29, 1.82) is 0 Å². The van der Waals surface area contributed by atoms with Crippen LogP contribution in [-0.4, -0.2) is 36.0 Å². The topological polar surface area (TPSA) is 32.3 Å². The molecule has 6 heteroatoms. The number of carbonyl (C=O) groups excluding carboxylic acids is 1. The molecule has 1 fully saturated rings. The molecule has 1 aromatic carbocycles. The monoisotopic (exact) mass is 300 g/mol. The van der Waals surface area contributed by atoms with Crippen LogP contribution in [0.4, 0.5) is 13.2 Å². The quantitative estimate of drug-likeness (QED) is 0.910. The number of halogens is 3. The smallest absolute Gasteiger partial charge is 0.334 e. The lowest BCUT2D eigenvalue weighted by atomic mass is 10.0. The van der Waals surface area contributed by atoms with Crippen LogP contribution in [0.25, 0.3) is 0 Å². The molecule has 3 nitrogen and oxygen atoms in total. The Hall–Kier alpha value is -1.56. The van der Waals surface area contributed by atoms with Gasteiger partial charge in [0.1, 0.15) is 0 Å². The molecule has 0 aromatic heterocycles. The van der Waals surface area contributed by atoms with Crippen molar-refractivity contribution in [1.82, 2.24) is 10.2 Å². The molecular weight excluding hydrogens is 281 g/mol. The van der Waals surface area contributed by atoms with Gasteiger partial charge in [0.05, 0.1) is 12.0 Å². The number of hydrogen-bond donors (Lipinski definition) is 1. The van der Waals surface area contributed by atoms with Crippen molar-refractivity contribution in [2.75, 3.05) is 13.1 Å². The van der Waals surface area contributed by atoms with E-state index < -0.39 is 11.7 Å². The van der Waals surface area contributed by atoms with E-state index in [2.05, 4.69) is 5.32 Å². The van der Waals surface area contributed by atoms with Crippen LogP contribution in [0.1, 0.15) is 25.0 Å². The van der Waals surface area contributed by atoms with Crippen molar-refractivity contribution >= 4 is 5.91 Å². The van der Waals surface area contributed by atoms with Crippen molar-refractivity contribution in [2.24, 2.45) is 0 Å². The van der Waals surface area contributed by atoms with Gasteiger partial charge in [-0.3, -0.25) is 4.79 Å². The highest BCUT2D eigenvalue weighted by molar-refractivity contribution is 5.79. The molecule has 1 amide bonds. The van der Waals surface area contributed by atoms with Gasteiger partial charge in [0.25, 0.3) is 0 Å². The third-order valence-corrected chi connectivity index (χ3v) is 3.73. The van der Waals surface area contributed by atoms with Crippen molar-refractivity contribution in [2.45, 2.75) is 38.5 Å². The van der Waals surface area contributed by atoms with Gasteiger partial charge in [-0.2, -0.15) is 13.2 Å². The van der Waals surface area contributed by atoms with Crippen LogP contribution in [0.15, 0.2) is 24.3 Å². The zero-order chi connectivity index (χ0) is 15.6. The van der Waals surface area contributed by atoms with Gasteiger partial charge >= 0.3 is 6.18 Å². The molecule has 2 atom stereocenters. The van der Waals surface area contributed by atoms with Crippen molar-refractivity contribution in [3.63, 3.8) is 0 Å². The van der Waals surface area contributed by atoms with E-state index in [-0.39, 0.29) is 24.4 Å². The van der Waals surface area contributed by atoms with E-state index in [1.165, 1.54) is 6.07 Å². The van der Waals surface area contributed by atoms with Crippen LogP contribution in [-0.2, 0) is 17.4 Å². The van der Waals surface area contributed by atoms with Crippen LogP contribution in [0.3, 0.4) is 0 Å². The standard InChI is InChI=1S/C15H19F3N2O/c1-10-8-19-9-11(2)20(10)14(21)7-12-4-3-5-13(6-12)15(16,17)18/h3-6,10-11,19H,7-9H2,1-2H3/t10-,11+. The van der Waals surface area contributed by atoms with E-state index in [9.17, 15) is 18.0 Å². The molecule has 0 aliphatic carbocycles. The average Bonchev–Trinajstić information content (AvgIpc) is 2.37. The number of nitrogens with one attached hydrogen (secondary N) is 1. The molecule has 0 radical (unpaired) electrons. The number of amides is 1. The Balaban J connectivity index is 2.12. The molecule has 0 spiro atoms. The molecule has 1 aliphatic rings. The summed E-state index contributed by atoms with van der Waals surface area (Å²) in [6.45, 7) is 5.29. The Labute approximate surface area is 122 Å². The first-order valence-electron chi connectivity index (χ1n) is 6.97. The molecule has 1 heterocycles. The minimum atomic E-state index is -4.38. The van der Waals surface area contributed by atoms with Crippen molar-refractivity contribution in [3.05, 3.63) is 35.4 Å². The lowest BCUT2D eigenvalue weighted by Gasteiger charge is -2.39. The first kappa shape index (κ1) is 15.8. The second-order valence-corrected chi connectivity index (χ2v) is 5.53. The predicted octanol–water partition coefficient (Wildman–Crippen LogP) is 2.46. The first-order valence-corrected chi connectivity index (χ1v) is 6.97. The summed E-state index contributed by atoms with van der Waals surface area (Å²) in [5, 5.41) is 3.22. The van der Waals surface area contributed by atoms with Gasteiger partial charge in [-0.1, -0.05) is 18.2 Å². The Bertz CT molecular complexity index is 506. The van der Waals surface area contributed by atoms with Crippen LogP contribution in [0.2, 0.25) is 0 Å². The fourth-order valence-electron chi connectivity index (χ4n) is 2.75. The largest absolute Gasteiger partial charge is 0.416 e. The number of alkyl halides is 3. The Morgan fingerprint density at radius 2 is 1.90 bits per heavy atom. The Kier molecular flexibility index (Phi) is 4.56. The summed E-state index contributed by atoms with van der Waals surface area (Å²) in [6.07, 6.45) is -4.38. The summed E-state index contributed by atoms with van der Waals surface area (Å²) >= 11 is 0. The lowest BCUT2D eigenvalue weighted by Crippen LogP contribution is -2.57. The second-order valence-electron chi connectivity index (χ2n) is 5.53. The third-order valence-electron chi connectivity index (χ3n) is 3.73. The summed E-state index contributed by atoms with van der Waals surface area (Å²) in [6, 6.07) is 5.07. The van der Waals surface area contributed by atoms with Crippen LogP contribution >= 0.6 is 0 Å². The highest BCUT2D eigenvalue weighted by Crippen LogP contribution is 2.29. The molecule has 1 N–H and O–H groups in total. The number of rotatable bonds is 2. The molecule has 0 saturated carbocycles. The van der Waals surface area contributed by atoms with E-state index in [4.69, 9.17) is 0 Å². The highest BCUT2D eigenvalue weighted by atomic mass is 19.4. The SMILES string of the molecule is C[C@@H]1CNC[C@H](C)N1C(=O)Cc1cccc(C(F)(F)F)c1. The van der Waals surface area contributed by atoms with Crippen LogP contribution < -0.4 is 5.32 Å². The van der Waals surface area contributed by atoms with Gasteiger partial charge in [0.15, 0.2) is 0 Å². The maximum atomic E-state index is 12.7. The molecular formula is C15H19F3N2O. The summed E-state index contributed by atoms with van der Waals surface area (Å²) in [4.78, 5) is 14.1. The minimum absolute atomic E-state index is 0.00139. The Morgan fingerprint density at radius 3 is 2.48 bits per heavy atom. The summed E-state index contributed by atoms with van der Waals surface area (Å²) in [5.74, 6) is -0.129. The Morgan fingerprint density at radius 1 is 1.29 bits per heavy atom. The number of piperazine rings is 1. The van der Waals surface area contributed by atoms with Crippen LogP contribution in [0.5, 0.6) is 0 Å². The molecule has 21 heavy (non-hydrogen) atoms. The minimum Gasteiger partial charge on any atom is -0.334 e. The summed E-state index contributed by atoms with van der Waals surface area (Å²) < 4.78 is 38.0. The highest BCUT2D eigenvalue weighted by Gasteiger charge is 2.31. The number of hydrogen-bond acceptors (Lipinski definition) is 2. The summed E-state index contributed by atoms with van der Waals surface area (Å²) in [7, 11) is 0. The number of nitrogens with zero attached hydrogens (tertiary/aromatic N) is 1. The number of carbonyl (C=O) groups is 1. The normalized spacial score (nSPS) is 23.2. The molecule has 2 rings (SSSR count). The van der Waals surface area contributed by atoms with Gasteiger partial charge in [-0.05, 0) is 25.5 Å². The molecule has 0 bridgehead atoms. The van der Waals surface area contributed by atoms with Crippen molar-refractivity contribution in [3.8, 4) is 0 Å². The molecule has 1 saturated heterocycles. The second kappa shape index (κ2) is 6.05. The van der Waals surface area contributed by atoms with Gasteiger partial charge < -0.3 is 10.2 Å². The van der Waals surface area contributed by atoms with Gasteiger partial charge in [0.2, 0.25) is 5.91 Å². The molecule has 1 aliphatic heterocycles. The van der Waals surface area contributed by atoms with E-state index in [1.54, 1.807) is 11.0 Å². The molecule has 1 aromatic rings. The predicted molar refractivity (Wildman–Crippen MR) is 73.8 cm³/mol. The zero-order valence-corrected chi connectivity index (χ0v) is 12.1.